The summed E-state index contributed by atoms with van der Waals surface area (Å²) < 4.78 is 5.36. The second-order valence-corrected chi connectivity index (χ2v) is 5.53. The van der Waals surface area contributed by atoms with Gasteiger partial charge in [0, 0.05) is 29.8 Å². The molecule has 0 spiro atoms. The Morgan fingerprint density at radius 3 is 2.94 bits per heavy atom. The van der Waals surface area contributed by atoms with Crippen molar-refractivity contribution in [3.63, 3.8) is 0 Å². The van der Waals surface area contributed by atoms with Crippen LogP contribution in [0.3, 0.4) is 0 Å². The molecule has 1 saturated heterocycles. The lowest BCUT2D eigenvalue weighted by molar-refractivity contribution is 0.178. The molecule has 100 valence electrons. The van der Waals surface area contributed by atoms with Gasteiger partial charge in [0.05, 0.1) is 11.6 Å². The van der Waals surface area contributed by atoms with Crippen molar-refractivity contribution in [3.8, 4) is 5.75 Å². The highest BCUT2D eigenvalue weighted by Gasteiger charge is 2.22. The molecule has 5 heteroatoms. The summed E-state index contributed by atoms with van der Waals surface area (Å²) >= 11 is 11.8. The largest absolute Gasteiger partial charge is 0.506 e. The van der Waals surface area contributed by atoms with Crippen molar-refractivity contribution in [3.05, 3.63) is 27.7 Å². The van der Waals surface area contributed by atoms with Crippen molar-refractivity contribution >= 4 is 23.2 Å². The van der Waals surface area contributed by atoms with Gasteiger partial charge in [0.1, 0.15) is 5.75 Å². The van der Waals surface area contributed by atoms with Gasteiger partial charge >= 0.3 is 0 Å². The second-order valence-electron chi connectivity index (χ2n) is 4.69. The Balaban J connectivity index is 1.97. The molecule has 0 radical (unpaired) electrons. The van der Waals surface area contributed by atoms with E-state index in [-0.39, 0.29) is 10.8 Å². The highest BCUT2D eigenvalue weighted by molar-refractivity contribution is 6.35. The first-order valence-electron chi connectivity index (χ1n) is 6.06. The van der Waals surface area contributed by atoms with Crippen LogP contribution in [-0.4, -0.2) is 24.4 Å². The molecule has 1 aromatic carbocycles. The summed E-state index contributed by atoms with van der Waals surface area (Å²) in [5.41, 5.74) is 0.721. The smallest absolute Gasteiger partial charge is 0.138 e. The molecule has 1 heterocycles. The fraction of sp³-hybridized carbons (Fsp3) is 0.538. The highest BCUT2D eigenvalue weighted by Crippen LogP contribution is 2.31. The fourth-order valence-electron chi connectivity index (χ4n) is 2.14. The highest BCUT2D eigenvalue weighted by atomic mass is 35.5. The van der Waals surface area contributed by atoms with Crippen LogP contribution in [0.2, 0.25) is 10.0 Å². The molecule has 1 aliphatic rings. The zero-order chi connectivity index (χ0) is 13.1. The Morgan fingerprint density at radius 2 is 2.28 bits per heavy atom. The fourth-order valence-corrected chi connectivity index (χ4v) is 2.67. The Kier molecular flexibility index (Phi) is 4.73. The van der Waals surface area contributed by atoms with Crippen molar-refractivity contribution in [1.82, 2.24) is 5.32 Å². The van der Waals surface area contributed by atoms with Gasteiger partial charge in [-0.1, -0.05) is 23.2 Å². The third-order valence-electron chi connectivity index (χ3n) is 3.39. The van der Waals surface area contributed by atoms with Crippen molar-refractivity contribution < 1.29 is 9.84 Å². The Hall–Kier alpha value is -0.480. The van der Waals surface area contributed by atoms with Crippen LogP contribution in [0.5, 0.6) is 5.75 Å². The van der Waals surface area contributed by atoms with E-state index in [0.717, 1.165) is 25.2 Å². The van der Waals surface area contributed by atoms with Crippen LogP contribution >= 0.6 is 23.2 Å². The number of phenolic OH excluding ortho intramolecular Hbond substituents is 1. The average molecular weight is 290 g/mol. The van der Waals surface area contributed by atoms with E-state index in [1.54, 1.807) is 6.07 Å². The Morgan fingerprint density at radius 1 is 1.50 bits per heavy atom. The van der Waals surface area contributed by atoms with Crippen molar-refractivity contribution in [1.29, 1.82) is 0 Å². The first-order chi connectivity index (χ1) is 8.58. The molecule has 3 nitrogen and oxygen atoms in total. The molecular weight excluding hydrogens is 273 g/mol. The summed E-state index contributed by atoms with van der Waals surface area (Å²) in [6, 6.07) is 3.61. The topological polar surface area (TPSA) is 41.5 Å². The van der Waals surface area contributed by atoms with Crippen molar-refractivity contribution in [2.75, 3.05) is 13.2 Å². The maximum absolute atomic E-state index is 9.84. The number of hydrogen-bond acceptors (Lipinski definition) is 3. The first-order valence-corrected chi connectivity index (χ1v) is 6.81. The van der Waals surface area contributed by atoms with E-state index in [9.17, 15) is 5.11 Å². The number of aromatic hydroxyl groups is 1. The number of ether oxygens (including phenoxy) is 1. The molecule has 0 amide bonds. The zero-order valence-electron chi connectivity index (χ0n) is 10.2. The van der Waals surface area contributed by atoms with Gasteiger partial charge in [0.25, 0.3) is 0 Å². The first kappa shape index (κ1) is 13.9. The SMILES string of the molecule is CC(NCc1cc(Cl)cc(Cl)c1O)C1CCOC1. The van der Waals surface area contributed by atoms with Crippen LogP contribution in [0.25, 0.3) is 0 Å². The standard InChI is InChI=1S/C13H17Cl2NO2/c1-8(9-2-3-18-7-9)16-6-10-4-11(14)5-12(15)13(10)17/h4-5,8-9,16-17H,2-3,6-7H2,1H3. The number of hydrogen-bond donors (Lipinski definition) is 2. The molecule has 18 heavy (non-hydrogen) atoms. The van der Waals surface area contributed by atoms with Gasteiger partial charge in [-0.25, -0.2) is 0 Å². The van der Waals surface area contributed by atoms with E-state index < -0.39 is 0 Å². The maximum atomic E-state index is 9.84. The molecule has 0 bridgehead atoms. The monoisotopic (exact) mass is 289 g/mol. The number of nitrogens with one attached hydrogen (secondary N) is 1. The van der Waals surface area contributed by atoms with E-state index in [0.29, 0.717) is 23.5 Å². The normalized spacial score (nSPS) is 21.2. The molecule has 1 aliphatic heterocycles. The predicted molar refractivity (Wildman–Crippen MR) is 73.4 cm³/mol. The summed E-state index contributed by atoms with van der Waals surface area (Å²) in [7, 11) is 0. The Bertz CT molecular complexity index is 420. The lowest BCUT2D eigenvalue weighted by Crippen LogP contribution is -2.33. The van der Waals surface area contributed by atoms with Crippen LogP contribution in [0.1, 0.15) is 18.9 Å². The van der Waals surface area contributed by atoms with Crippen molar-refractivity contribution in [2.45, 2.75) is 25.9 Å². The van der Waals surface area contributed by atoms with Crippen LogP contribution in [0.4, 0.5) is 0 Å². The summed E-state index contributed by atoms with van der Waals surface area (Å²) in [5.74, 6) is 0.630. The van der Waals surface area contributed by atoms with E-state index in [2.05, 4.69) is 12.2 Å². The molecule has 0 saturated carbocycles. The van der Waals surface area contributed by atoms with E-state index in [1.165, 1.54) is 6.07 Å². The van der Waals surface area contributed by atoms with Gasteiger partial charge in [-0.05, 0) is 31.4 Å². The number of halogens is 2. The molecule has 0 aromatic heterocycles. The zero-order valence-corrected chi connectivity index (χ0v) is 11.8. The summed E-state index contributed by atoms with van der Waals surface area (Å²) in [5, 5.41) is 14.0. The minimum atomic E-state index is 0.100. The number of benzene rings is 1. The van der Waals surface area contributed by atoms with Crippen molar-refractivity contribution in [2.24, 2.45) is 5.92 Å². The maximum Gasteiger partial charge on any atom is 0.138 e. The van der Waals surface area contributed by atoms with E-state index >= 15 is 0 Å². The van der Waals surface area contributed by atoms with Gasteiger partial charge in [0.2, 0.25) is 0 Å². The van der Waals surface area contributed by atoms with E-state index in [4.69, 9.17) is 27.9 Å². The molecule has 2 N–H and O–H groups in total. The van der Waals surface area contributed by atoms with Gasteiger partial charge in [0.15, 0.2) is 0 Å². The van der Waals surface area contributed by atoms with Gasteiger partial charge < -0.3 is 15.2 Å². The third-order valence-corrected chi connectivity index (χ3v) is 3.90. The third kappa shape index (κ3) is 3.29. The summed E-state index contributed by atoms with van der Waals surface area (Å²) in [6.45, 7) is 4.31. The molecule has 2 unspecified atom stereocenters. The van der Waals surface area contributed by atoms with Gasteiger partial charge in [-0.15, -0.1) is 0 Å². The van der Waals surface area contributed by atoms with Crippen LogP contribution in [-0.2, 0) is 11.3 Å². The number of rotatable bonds is 4. The van der Waals surface area contributed by atoms with E-state index in [1.807, 2.05) is 0 Å². The lowest BCUT2D eigenvalue weighted by Gasteiger charge is -2.19. The van der Waals surface area contributed by atoms with Gasteiger partial charge in [-0.2, -0.15) is 0 Å². The summed E-state index contributed by atoms with van der Waals surface area (Å²) in [6.07, 6.45) is 1.08. The summed E-state index contributed by atoms with van der Waals surface area (Å²) in [4.78, 5) is 0. The minimum absolute atomic E-state index is 0.100. The molecule has 2 atom stereocenters. The van der Waals surface area contributed by atoms with Crippen LogP contribution in [0, 0.1) is 5.92 Å². The predicted octanol–water partition coefficient (Wildman–Crippen LogP) is 3.21. The van der Waals surface area contributed by atoms with Gasteiger partial charge in [-0.3, -0.25) is 0 Å². The molecule has 0 aliphatic carbocycles. The number of phenols is 1. The second kappa shape index (κ2) is 6.11. The lowest BCUT2D eigenvalue weighted by atomic mass is 10.0. The average Bonchev–Trinajstić information content (AvgIpc) is 2.85. The quantitative estimate of drug-likeness (QED) is 0.894. The molecular formula is C13H17Cl2NO2. The molecule has 1 fully saturated rings. The molecule has 1 aromatic rings. The van der Waals surface area contributed by atoms with Crippen LogP contribution < -0.4 is 5.32 Å². The van der Waals surface area contributed by atoms with Crippen LogP contribution in [0.15, 0.2) is 12.1 Å². The molecule has 2 rings (SSSR count). The Labute approximate surface area is 117 Å². The minimum Gasteiger partial charge on any atom is -0.506 e.